The van der Waals surface area contributed by atoms with Crippen molar-refractivity contribution in [3.8, 4) is 0 Å². The molecule has 1 saturated heterocycles. The minimum atomic E-state index is -0.0890. The highest BCUT2D eigenvalue weighted by atomic mass is 32.2. The zero-order valence-corrected chi connectivity index (χ0v) is 10.5. The molecule has 1 aromatic rings. The van der Waals surface area contributed by atoms with Gasteiger partial charge in [0, 0.05) is 12.2 Å². The first-order valence-electron chi connectivity index (χ1n) is 5.65. The minimum Gasteiger partial charge on any atom is -0.406 e. The first kappa shape index (κ1) is 12.4. The topological polar surface area (TPSA) is 80.0 Å². The van der Waals surface area contributed by atoms with Gasteiger partial charge in [-0.25, -0.2) is 0 Å². The van der Waals surface area contributed by atoms with Crippen molar-refractivity contribution in [2.45, 2.75) is 25.3 Å². The molecule has 2 heterocycles. The molecule has 0 aromatic carbocycles. The van der Waals surface area contributed by atoms with Gasteiger partial charge in [-0.05, 0) is 25.6 Å². The largest absolute Gasteiger partial charge is 0.406 e. The van der Waals surface area contributed by atoms with Gasteiger partial charge in [0.25, 0.3) is 0 Å². The third-order valence-corrected chi connectivity index (χ3v) is 3.19. The lowest BCUT2D eigenvalue weighted by atomic mass is 10.2. The van der Waals surface area contributed by atoms with Crippen LogP contribution in [0.1, 0.15) is 31.2 Å². The van der Waals surface area contributed by atoms with Gasteiger partial charge in [0.1, 0.15) is 0 Å². The van der Waals surface area contributed by atoms with Crippen LogP contribution in [0, 0.1) is 0 Å². The Hall–Kier alpha value is -1.08. The molecular weight excluding hydrogens is 240 g/mol. The number of carbonyl (C=O) groups excluding carboxylic acids is 1. The summed E-state index contributed by atoms with van der Waals surface area (Å²) in [5.41, 5.74) is 0. The molecule has 1 atom stereocenters. The molecule has 0 spiro atoms. The molecule has 1 aromatic heterocycles. The molecule has 1 aliphatic heterocycles. The summed E-state index contributed by atoms with van der Waals surface area (Å²) in [7, 11) is 0. The predicted molar refractivity (Wildman–Crippen MR) is 65.9 cm³/mol. The first-order chi connectivity index (χ1) is 8.29. The highest BCUT2D eigenvalue weighted by Crippen LogP contribution is 2.22. The Balaban J connectivity index is 1.87. The zero-order valence-electron chi connectivity index (χ0n) is 9.73. The summed E-state index contributed by atoms with van der Waals surface area (Å²) in [6.45, 7) is 0.975. The average Bonchev–Trinajstić information content (AvgIpc) is 2.95. The molecule has 0 saturated carbocycles. The summed E-state index contributed by atoms with van der Waals surface area (Å²) in [4.78, 5) is 11.4. The van der Waals surface area contributed by atoms with Crippen molar-refractivity contribution >= 4 is 23.7 Å². The van der Waals surface area contributed by atoms with Crippen molar-refractivity contribution in [1.29, 1.82) is 0 Å². The van der Waals surface area contributed by atoms with Crippen LogP contribution in [0.5, 0.6) is 0 Å². The lowest BCUT2D eigenvalue weighted by Crippen LogP contribution is -2.13. The lowest BCUT2D eigenvalue weighted by Gasteiger charge is -2.02. The molecule has 1 amide bonds. The molecular formula is C10H16N4O2S. The van der Waals surface area contributed by atoms with Crippen LogP contribution in [0.4, 0.5) is 6.01 Å². The number of rotatable bonds is 5. The number of amides is 1. The summed E-state index contributed by atoms with van der Waals surface area (Å²) >= 11 is 1.63. The molecule has 7 heteroatoms. The van der Waals surface area contributed by atoms with E-state index in [0.29, 0.717) is 12.3 Å². The highest BCUT2D eigenvalue weighted by molar-refractivity contribution is 7.98. The second-order valence-corrected chi connectivity index (χ2v) is 4.87. The maximum atomic E-state index is 11.4. The summed E-state index contributed by atoms with van der Waals surface area (Å²) < 4.78 is 5.39. The number of hydrogen-bond donors (Lipinski definition) is 2. The Kier molecular flexibility index (Phi) is 4.38. The molecule has 17 heavy (non-hydrogen) atoms. The Morgan fingerprint density at radius 1 is 1.65 bits per heavy atom. The number of aromatic nitrogens is 2. The Morgan fingerprint density at radius 2 is 2.53 bits per heavy atom. The second-order valence-electron chi connectivity index (χ2n) is 3.89. The normalized spacial score (nSPS) is 19.5. The molecule has 2 rings (SSSR count). The van der Waals surface area contributed by atoms with Crippen molar-refractivity contribution in [2.75, 3.05) is 23.9 Å². The lowest BCUT2D eigenvalue weighted by molar-refractivity contribution is -0.115. The molecule has 0 bridgehead atoms. The standard InChI is InChI=1S/C10H16N4O2S/c1-17-6-4-8(15)12-10-14-13-9(16-10)7-3-2-5-11-7/h7,11H,2-6H2,1H3,(H,12,14,15). The van der Waals surface area contributed by atoms with Gasteiger partial charge in [-0.2, -0.15) is 11.8 Å². The summed E-state index contributed by atoms with van der Waals surface area (Å²) in [5, 5.41) is 13.6. The van der Waals surface area contributed by atoms with Crippen molar-refractivity contribution in [2.24, 2.45) is 0 Å². The van der Waals surface area contributed by atoms with Crippen molar-refractivity contribution in [3.05, 3.63) is 5.89 Å². The van der Waals surface area contributed by atoms with Crippen LogP contribution < -0.4 is 10.6 Å². The van der Waals surface area contributed by atoms with E-state index in [1.807, 2.05) is 6.26 Å². The first-order valence-corrected chi connectivity index (χ1v) is 7.04. The van der Waals surface area contributed by atoms with Gasteiger partial charge >= 0.3 is 6.01 Å². The third-order valence-electron chi connectivity index (χ3n) is 2.58. The Labute approximate surface area is 104 Å². The fraction of sp³-hybridized carbons (Fsp3) is 0.700. The van der Waals surface area contributed by atoms with Crippen LogP contribution in [-0.4, -0.2) is 34.7 Å². The van der Waals surface area contributed by atoms with E-state index >= 15 is 0 Å². The number of carbonyl (C=O) groups is 1. The smallest absolute Gasteiger partial charge is 0.322 e. The maximum Gasteiger partial charge on any atom is 0.322 e. The van der Waals surface area contributed by atoms with E-state index in [-0.39, 0.29) is 18.0 Å². The van der Waals surface area contributed by atoms with E-state index in [0.717, 1.165) is 25.1 Å². The molecule has 2 N–H and O–H groups in total. The van der Waals surface area contributed by atoms with Gasteiger partial charge in [-0.1, -0.05) is 5.10 Å². The van der Waals surface area contributed by atoms with Crippen LogP contribution in [-0.2, 0) is 4.79 Å². The number of anilines is 1. The van der Waals surface area contributed by atoms with E-state index in [9.17, 15) is 4.79 Å². The monoisotopic (exact) mass is 256 g/mol. The number of thioether (sulfide) groups is 1. The van der Waals surface area contributed by atoms with Gasteiger partial charge in [-0.15, -0.1) is 5.10 Å². The molecule has 1 aliphatic rings. The van der Waals surface area contributed by atoms with Gasteiger partial charge in [-0.3, -0.25) is 10.1 Å². The molecule has 6 nitrogen and oxygen atoms in total. The van der Waals surface area contributed by atoms with Crippen LogP contribution >= 0.6 is 11.8 Å². The van der Waals surface area contributed by atoms with Crippen LogP contribution in [0.2, 0.25) is 0 Å². The Bertz CT molecular complexity index is 376. The maximum absolute atomic E-state index is 11.4. The van der Waals surface area contributed by atoms with Gasteiger partial charge < -0.3 is 9.73 Å². The highest BCUT2D eigenvalue weighted by Gasteiger charge is 2.22. The van der Waals surface area contributed by atoms with Gasteiger partial charge in [0.2, 0.25) is 11.8 Å². The van der Waals surface area contributed by atoms with Crippen LogP contribution in [0.3, 0.4) is 0 Å². The molecule has 1 unspecified atom stereocenters. The van der Waals surface area contributed by atoms with Crippen LogP contribution in [0.25, 0.3) is 0 Å². The zero-order chi connectivity index (χ0) is 12.1. The van der Waals surface area contributed by atoms with Gasteiger partial charge in [0.15, 0.2) is 0 Å². The summed E-state index contributed by atoms with van der Waals surface area (Å²) in [5.74, 6) is 1.26. The van der Waals surface area contributed by atoms with E-state index in [1.54, 1.807) is 11.8 Å². The molecule has 0 aliphatic carbocycles. The number of nitrogens with one attached hydrogen (secondary N) is 2. The Morgan fingerprint density at radius 3 is 3.24 bits per heavy atom. The van der Waals surface area contributed by atoms with Crippen LogP contribution in [0.15, 0.2) is 4.42 Å². The van der Waals surface area contributed by atoms with E-state index in [4.69, 9.17) is 4.42 Å². The minimum absolute atomic E-state index is 0.0890. The molecule has 0 radical (unpaired) electrons. The van der Waals surface area contributed by atoms with E-state index in [1.165, 1.54) is 0 Å². The predicted octanol–water partition coefficient (Wildman–Crippen LogP) is 1.19. The molecule has 94 valence electrons. The average molecular weight is 256 g/mol. The number of hydrogen-bond acceptors (Lipinski definition) is 6. The second kappa shape index (κ2) is 6.02. The SMILES string of the molecule is CSCCC(=O)Nc1nnc(C2CCCN2)o1. The third kappa shape index (κ3) is 3.44. The quantitative estimate of drug-likeness (QED) is 0.823. The summed E-state index contributed by atoms with van der Waals surface area (Å²) in [6.07, 6.45) is 4.54. The molecule has 1 fully saturated rings. The van der Waals surface area contributed by atoms with E-state index in [2.05, 4.69) is 20.8 Å². The number of nitrogens with zero attached hydrogens (tertiary/aromatic N) is 2. The van der Waals surface area contributed by atoms with Crippen molar-refractivity contribution < 1.29 is 9.21 Å². The van der Waals surface area contributed by atoms with Crippen molar-refractivity contribution in [1.82, 2.24) is 15.5 Å². The summed E-state index contributed by atoms with van der Waals surface area (Å²) in [6, 6.07) is 0.333. The van der Waals surface area contributed by atoms with E-state index < -0.39 is 0 Å². The fourth-order valence-electron chi connectivity index (χ4n) is 1.70. The fourth-order valence-corrected chi connectivity index (χ4v) is 2.09. The van der Waals surface area contributed by atoms with Crippen molar-refractivity contribution in [3.63, 3.8) is 0 Å². The van der Waals surface area contributed by atoms with Gasteiger partial charge in [0.05, 0.1) is 6.04 Å².